The van der Waals surface area contributed by atoms with Gasteiger partial charge >= 0.3 is 0 Å². The highest BCUT2D eigenvalue weighted by atomic mass is 16.2. The average Bonchev–Trinajstić information content (AvgIpc) is 2.61. The van der Waals surface area contributed by atoms with Crippen molar-refractivity contribution < 1.29 is 4.79 Å². The first-order chi connectivity index (χ1) is 12.4. The zero-order chi connectivity index (χ0) is 19.1. The molecular formula is C21H28N4O. The molecule has 0 aromatic heterocycles. The minimum absolute atomic E-state index is 0.145. The predicted molar refractivity (Wildman–Crippen MR) is 110 cm³/mol. The Morgan fingerprint density at radius 2 is 1.85 bits per heavy atom. The van der Waals surface area contributed by atoms with Crippen LogP contribution in [0.4, 0.5) is 11.4 Å². The first-order valence-electron chi connectivity index (χ1n) is 8.84. The van der Waals surface area contributed by atoms with Crippen LogP contribution in [0.15, 0.2) is 47.6 Å². The molecule has 0 heterocycles. The topological polar surface area (TPSA) is 56.7 Å². The summed E-state index contributed by atoms with van der Waals surface area (Å²) >= 11 is 0. The van der Waals surface area contributed by atoms with Gasteiger partial charge in [-0.15, -0.1) is 0 Å². The Morgan fingerprint density at radius 3 is 2.42 bits per heavy atom. The number of carbonyl (C=O) groups excluding carboxylic acids is 1. The molecule has 26 heavy (non-hydrogen) atoms. The molecule has 0 fully saturated rings. The standard InChI is InChI=1S/C21H28N4O/c1-6-19(23-20-12-7-15(2)13-16(20)3)21(26)24-22-14-17-8-10-18(11-9-17)25(4)5/h7-14,19,23H,6H2,1-5H3,(H,24,26)/t19-/m1/s1. The fraction of sp³-hybridized carbons (Fsp3) is 0.333. The van der Waals surface area contributed by atoms with Crippen molar-refractivity contribution in [2.45, 2.75) is 33.2 Å². The summed E-state index contributed by atoms with van der Waals surface area (Å²) in [5, 5.41) is 7.39. The van der Waals surface area contributed by atoms with E-state index in [2.05, 4.69) is 28.8 Å². The van der Waals surface area contributed by atoms with Crippen LogP contribution in [0.1, 0.15) is 30.0 Å². The van der Waals surface area contributed by atoms with E-state index >= 15 is 0 Å². The summed E-state index contributed by atoms with van der Waals surface area (Å²) in [7, 11) is 3.99. The second-order valence-corrected chi connectivity index (χ2v) is 6.64. The summed E-state index contributed by atoms with van der Waals surface area (Å²) < 4.78 is 0. The summed E-state index contributed by atoms with van der Waals surface area (Å²) in [6.07, 6.45) is 2.33. The van der Waals surface area contributed by atoms with Crippen LogP contribution in [0.3, 0.4) is 0 Å². The van der Waals surface area contributed by atoms with Gasteiger partial charge in [-0.3, -0.25) is 4.79 Å². The highest BCUT2D eigenvalue weighted by molar-refractivity contribution is 5.87. The zero-order valence-corrected chi connectivity index (χ0v) is 16.2. The summed E-state index contributed by atoms with van der Waals surface area (Å²) in [6, 6.07) is 13.8. The lowest BCUT2D eigenvalue weighted by Gasteiger charge is -2.18. The molecule has 1 atom stereocenters. The lowest BCUT2D eigenvalue weighted by molar-refractivity contribution is -0.121. The van der Waals surface area contributed by atoms with Crippen molar-refractivity contribution in [2.24, 2.45) is 5.10 Å². The highest BCUT2D eigenvalue weighted by Gasteiger charge is 2.16. The van der Waals surface area contributed by atoms with Crippen LogP contribution in [-0.4, -0.2) is 32.3 Å². The fourth-order valence-corrected chi connectivity index (χ4v) is 2.62. The molecule has 0 saturated heterocycles. The molecule has 0 spiro atoms. The van der Waals surface area contributed by atoms with Gasteiger partial charge in [0.2, 0.25) is 0 Å². The molecule has 0 aliphatic heterocycles. The maximum atomic E-state index is 12.4. The number of nitrogens with zero attached hydrogens (tertiary/aromatic N) is 2. The van der Waals surface area contributed by atoms with Crippen molar-refractivity contribution in [2.75, 3.05) is 24.3 Å². The summed E-state index contributed by atoms with van der Waals surface area (Å²) in [5.74, 6) is -0.145. The molecule has 0 unspecified atom stereocenters. The second-order valence-electron chi connectivity index (χ2n) is 6.64. The van der Waals surface area contributed by atoms with E-state index in [1.807, 2.05) is 69.2 Å². The van der Waals surface area contributed by atoms with Crippen LogP contribution in [0.2, 0.25) is 0 Å². The van der Waals surface area contributed by atoms with Gasteiger partial charge in [-0.1, -0.05) is 36.8 Å². The lowest BCUT2D eigenvalue weighted by atomic mass is 10.1. The number of hydrogen-bond acceptors (Lipinski definition) is 4. The third-order valence-corrected chi connectivity index (χ3v) is 4.23. The Hall–Kier alpha value is -2.82. The molecule has 5 heteroatoms. The van der Waals surface area contributed by atoms with Crippen LogP contribution in [0.25, 0.3) is 0 Å². The average molecular weight is 352 g/mol. The SMILES string of the molecule is CC[C@@H](Nc1ccc(C)cc1C)C(=O)NN=Cc1ccc(N(C)C)cc1. The van der Waals surface area contributed by atoms with Crippen LogP contribution < -0.4 is 15.6 Å². The Labute approximate surface area is 156 Å². The van der Waals surface area contributed by atoms with Gasteiger partial charge in [-0.2, -0.15) is 5.10 Å². The van der Waals surface area contributed by atoms with E-state index < -0.39 is 0 Å². The number of aryl methyl sites for hydroxylation is 2. The Kier molecular flexibility index (Phi) is 6.78. The maximum absolute atomic E-state index is 12.4. The molecule has 0 radical (unpaired) electrons. The monoisotopic (exact) mass is 352 g/mol. The van der Waals surface area contributed by atoms with E-state index in [-0.39, 0.29) is 11.9 Å². The third-order valence-electron chi connectivity index (χ3n) is 4.23. The number of amides is 1. The third kappa shape index (κ3) is 5.34. The second kappa shape index (κ2) is 9.04. The molecule has 0 aliphatic rings. The van der Waals surface area contributed by atoms with Crippen LogP contribution in [0, 0.1) is 13.8 Å². The van der Waals surface area contributed by atoms with Gasteiger partial charge < -0.3 is 10.2 Å². The van der Waals surface area contributed by atoms with E-state index in [1.54, 1.807) is 6.21 Å². The Morgan fingerprint density at radius 1 is 1.15 bits per heavy atom. The van der Waals surface area contributed by atoms with Crippen molar-refractivity contribution >= 4 is 23.5 Å². The van der Waals surface area contributed by atoms with Crippen molar-refractivity contribution in [3.05, 3.63) is 59.2 Å². The molecule has 2 aromatic carbocycles. The molecule has 1 amide bonds. The van der Waals surface area contributed by atoms with Gasteiger partial charge in [0.05, 0.1) is 6.21 Å². The van der Waals surface area contributed by atoms with Gasteiger partial charge in [-0.05, 0) is 49.6 Å². The minimum atomic E-state index is -0.329. The Balaban J connectivity index is 1.95. The van der Waals surface area contributed by atoms with Crippen LogP contribution >= 0.6 is 0 Å². The molecular weight excluding hydrogens is 324 g/mol. The first-order valence-corrected chi connectivity index (χ1v) is 8.84. The molecule has 0 bridgehead atoms. The van der Waals surface area contributed by atoms with E-state index in [4.69, 9.17) is 0 Å². The lowest BCUT2D eigenvalue weighted by Crippen LogP contribution is -2.37. The number of anilines is 2. The van der Waals surface area contributed by atoms with E-state index in [9.17, 15) is 4.79 Å². The van der Waals surface area contributed by atoms with E-state index in [0.717, 1.165) is 22.5 Å². The zero-order valence-electron chi connectivity index (χ0n) is 16.2. The van der Waals surface area contributed by atoms with Gasteiger partial charge in [-0.25, -0.2) is 5.43 Å². The van der Waals surface area contributed by atoms with Gasteiger partial charge in [0.15, 0.2) is 0 Å². The normalized spacial score (nSPS) is 12.0. The molecule has 5 nitrogen and oxygen atoms in total. The number of nitrogens with one attached hydrogen (secondary N) is 2. The van der Waals surface area contributed by atoms with Crippen LogP contribution in [0.5, 0.6) is 0 Å². The number of hydrazone groups is 1. The quantitative estimate of drug-likeness (QED) is 0.590. The van der Waals surface area contributed by atoms with Crippen LogP contribution in [-0.2, 0) is 4.79 Å². The largest absolute Gasteiger partial charge is 0.378 e. The smallest absolute Gasteiger partial charge is 0.262 e. The highest BCUT2D eigenvalue weighted by Crippen LogP contribution is 2.18. The van der Waals surface area contributed by atoms with Gasteiger partial charge in [0, 0.05) is 25.5 Å². The Bertz CT molecular complexity index is 766. The molecule has 2 aromatic rings. The number of hydrogen-bond donors (Lipinski definition) is 2. The van der Waals surface area contributed by atoms with Gasteiger partial charge in [0.1, 0.15) is 6.04 Å². The molecule has 0 saturated carbocycles. The molecule has 138 valence electrons. The first kappa shape index (κ1) is 19.5. The van der Waals surface area contributed by atoms with Gasteiger partial charge in [0.25, 0.3) is 5.91 Å². The predicted octanol–water partition coefficient (Wildman–Crippen LogP) is 3.71. The number of carbonyl (C=O) groups is 1. The van der Waals surface area contributed by atoms with E-state index in [0.29, 0.717) is 6.42 Å². The maximum Gasteiger partial charge on any atom is 0.262 e. The summed E-state index contributed by atoms with van der Waals surface area (Å²) in [6.45, 7) is 6.07. The summed E-state index contributed by atoms with van der Waals surface area (Å²) in [5.41, 5.74) is 7.99. The van der Waals surface area contributed by atoms with Crippen molar-refractivity contribution in [3.8, 4) is 0 Å². The van der Waals surface area contributed by atoms with Crippen molar-refractivity contribution in [1.29, 1.82) is 0 Å². The molecule has 2 N–H and O–H groups in total. The van der Waals surface area contributed by atoms with E-state index in [1.165, 1.54) is 5.56 Å². The van der Waals surface area contributed by atoms with Crippen molar-refractivity contribution in [3.63, 3.8) is 0 Å². The fourth-order valence-electron chi connectivity index (χ4n) is 2.62. The summed E-state index contributed by atoms with van der Waals surface area (Å²) in [4.78, 5) is 14.4. The number of benzene rings is 2. The minimum Gasteiger partial charge on any atom is -0.378 e. The number of rotatable bonds is 7. The molecule has 0 aliphatic carbocycles. The molecule has 2 rings (SSSR count). The van der Waals surface area contributed by atoms with Crippen molar-refractivity contribution in [1.82, 2.24) is 5.43 Å².